The molecule has 0 bridgehead atoms. The molecule has 0 aliphatic heterocycles. The van der Waals surface area contributed by atoms with E-state index in [1.807, 2.05) is 48.9 Å². The van der Waals surface area contributed by atoms with Crippen molar-refractivity contribution in [3.05, 3.63) is 72.0 Å². The third-order valence-corrected chi connectivity index (χ3v) is 6.94. The number of H-pyrrole nitrogens is 2. The molecule has 0 radical (unpaired) electrons. The predicted octanol–water partition coefficient (Wildman–Crippen LogP) is 6.27. The molecule has 6 rings (SSSR count). The third kappa shape index (κ3) is 3.37. The maximum Gasteiger partial charge on any atom is 0.116 e. The standard InChI is InChI=1S/C26H22N6S/c1-15-7-8-25(33-15)18-5-4-6-21-19(18)10-23(29-21)26-20-11-22(28-14-24(20)30-31-26)16-9-17(32(2)3)13-27-12-16/h4-14,29H,1-3H3,(H,30,31). The first-order chi connectivity index (χ1) is 16.1. The summed E-state index contributed by atoms with van der Waals surface area (Å²) in [6, 6.07) is 17.1. The van der Waals surface area contributed by atoms with Crippen LogP contribution in [0.15, 0.2) is 67.1 Å². The van der Waals surface area contributed by atoms with Crippen molar-refractivity contribution < 1.29 is 0 Å². The van der Waals surface area contributed by atoms with Gasteiger partial charge in [-0.25, -0.2) is 0 Å². The van der Waals surface area contributed by atoms with Crippen molar-refractivity contribution in [3.63, 3.8) is 0 Å². The van der Waals surface area contributed by atoms with E-state index in [9.17, 15) is 0 Å². The Morgan fingerprint density at radius 3 is 2.64 bits per heavy atom. The Balaban J connectivity index is 1.48. The van der Waals surface area contributed by atoms with Crippen LogP contribution in [0.25, 0.3) is 54.9 Å². The van der Waals surface area contributed by atoms with Crippen molar-refractivity contribution in [1.82, 2.24) is 25.1 Å². The molecule has 5 heterocycles. The summed E-state index contributed by atoms with van der Waals surface area (Å²) in [5.41, 5.74) is 7.98. The molecule has 0 saturated carbocycles. The number of hydrogen-bond acceptors (Lipinski definition) is 5. The number of fused-ring (bicyclic) bond motifs is 2. The SMILES string of the molecule is Cc1ccc(-c2cccc3[nH]c(-c4n[nH]c5cnc(-c6cncc(N(C)C)c6)cc45)cc23)s1. The molecular formula is C26H22N6S. The van der Waals surface area contributed by atoms with Crippen LogP contribution in [0.2, 0.25) is 0 Å². The van der Waals surface area contributed by atoms with Gasteiger partial charge in [-0.3, -0.25) is 15.1 Å². The molecule has 0 saturated heterocycles. The maximum atomic E-state index is 4.64. The summed E-state index contributed by atoms with van der Waals surface area (Å²) in [7, 11) is 4.01. The van der Waals surface area contributed by atoms with Crippen LogP contribution in [0.1, 0.15) is 4.88 Å². The monoisotopic (exact) mass is 450 g/mol. The van der Waals surface area contributed by atoms with Gasteiger partial charge in [0.25, 0.3) is 0 Å². The zero-order chi connectivity index (χ0) is 22.5. The van der Waals surface area contributed by atoms with Crippen molar-refractivity contribution in [1.29, 1.82) is 0 Å². The smallest absolute Gasteiger partial charge is 0.116 e. The zero-order valence-electron chi connectivity index (χ0n) is 18.5. The second-order valence-electron chi connectivity index (χ2n) is 8.37. The lowest BCUT2D eigenvalue weighted by molar-refractivity contribution is 1.11. The summed E-state index contributed by atoms with van der Waals surface area (Å²) in [6.07, 6.45) is 5.54. The van der Waals surface area contributed by atoms with Crippen molar-refractivity contribution in [3.8, 4) is 33.1 Å². The summed E-state index contributed by atoms with van der Waals surface area (Å²) in [5, 5.41) is 9.99. The van der Waals surface area contributed by atoms with Gasteiger partial charge in [0.05, 0.1) is 35.0 Å². The van der Waals surface area contributed by atoms with Crippen LogP contribution in [0, 0.1) is 6.92 Å². The Hall–Kier alpha value is -3.97. The Kier molecular flexibility index (Phi) is 4.52. The number of nitrogens with one attached hydrogen (secondary N) is 2. The number of rotatable bonds is 4. The minimum Gasteiger partial charge on any atom is -0.376 e. The van der Waals surface area contributed by atoms with Gasteiger partial charge in [0.2, 0.25) is 0 Å². The van der Waals surface area contributed by atoms with E-state index in [0.717, 1.165) is 44.8 Å². The molecule has 6 aromatic rings. The van der Waals surface area contributed by atoms with Gasteiger partial charge in [0, 0.05) is 57.5 Å². The number of aromatic nitrogens is 5. The summed E-state index contributed by atoms with van der Waals surface area (Å²) < 4.78 is 0. The minimum atomic E-state index is 0.868. The van der Waals surface area contributed by atoms with Crippen molar-refractivity contribution >= 4 is 38.8 Å². The van der Waals surface area contributed by atoms with Gasteiger partial charge < -0.3 is 9.88 Å². The molecule has 0 fully saturated rings. The molecule has 162 valence electrons. The second-order valence-corrected chi connectivity index (χ2v) is 9.66. The highest BCUT2D eigenvalue weighted by Gasteiger charge is 2.15. The molecule has 33 heavy (non-hydrogen) atoms. The highest BCUT2D eigenvalue weighted by atomic mass is 32.1. The minimum absolute atomic E-state index is 0.868. The zero-order valence-corrected chi connectivity index (χ0v) is 19.4. The Morgan fingerprint density at radius 1 is 0.909 bits per heavy atom. The van der Waals surface area contributed by atoms with Crippen LogP contribution in [0.4, 0.5) is 5.69 Å². The van der Waals surface area contributed by atoms with Crippen LogP contribution < -0.4 is 4.90 Å². The molecule has 2 N–H and O–H groups in total. The van der Waals surface area contributed by atoms with Crippen LogP contribution in [-0.2, 0) is 0 Å². The average molecular weight is 451 g/mol. The van der Waals surface area contributed by atoms with Crippen LogP contribution in [0.5, 0.6) is 0 Å². The van der Waals surface area contributed by atoms with Gasteiger partial charge in [-0.15, -0.1) is 11.3 Å². The van der Waals surface area contributed by atoms with Crippen molar-refractivity contribution in [2.24, 2.45) is 0 Å². The maximum absolute atomic E-state index is 4.64. The Labute approximate surface area is 195 Å². The largest absolute Gasteiger partial charge is 0.376 e. The lowest BCUT2D eigenvalue weighted by Gasteiger charge is -2.12. The lowest BCUT2D eigenvalue weighted by atomic mass is 10.1. The number of aromatic amines is 2. The fourth-order valence-electron chi connectivity index (χ4n) is 4.17. The summed E-state index contributed by atoms with van der Waals surface area (Å²) >= 11 is 1.81. The average Bonchev–Trinajstić information content (AvgIpc) is 3.55. The Bertz CT molecular complexity index is 1620. The molecule has 0 amide bonds. The van der Waals surface area contributed by atoms with Crippen LogP contribution in [-0.4, -0.2) is 39.2 Å². The lowest BCUT2D eigenvalue weighted by Crippen LogP contribution is -2.08. The molecule has 5 aromatic heterocycles. The van der Waals surface area contributed by atoms with E-state index >= 15 is 0 Å². The van der Waals surface area contributed by atoms with E-state index < -0.39 is 0 Å². The van der Waals surface area contributed by atoms with Gasteiger partial charge in [-0.1, -0.05) is 12.1 Å². The number of anilines is 1. The van der Waals surface area contributed by atoms with Crippen molar-refractivity contribution in [2.75, 3.05) is 19.0 Å². The van der Waals surface area contributed by atoms with E-state index in [4.69, 9.17) is 0 Å². The fourth-order valence-corrected chi connectivity index (χ4v) is 5.08. The molecule has 7 heteroatoms. The van der Waals surface area contributed by atoms with E-state index in [1.165, 1.54) is 20.7 Å². The molecule has 0 aliphatic rings. The fraction of sp³-hybridized carbons (Fsp3) is 0.115. The number of benzene rings is 1. The number of thiophene rings is 1. The Morgan fingerprint density at radius 2 is 1.82 bits per heavy atom. The quantitative estimate of drug-likeness (QED) is 0.332. The second kappa shape index (κ2) is 7.56. The summed E-state index contributed by atoms with van der Waals surface area (Å²) in [6.45, 7) is 2.14. The van der Waals surface area contributed by atoms with Crippen LogP contribution in [0.3, 0.4) is 0 Å². The van der Waals surface area contributed by atoms with Gasteiger partial charge in [0.1, 0.15) is 5.69 Å². The predicted molar refractivity (Wildman–Crippen MR) is 137 cm³/mol. The van der Waals surface area contributed by atoms with Gasteiger partial charge in [0.15, 0.2) is 0 Å². The third-order valence-electron chi connectivity index (χ3n) is 5.91. The number of nitrogens with zero attached hydrogens (tertiary/aromatic N) is 4. The molecule has 1 aromatic carbocycles. The van der Waals surface area contributed by atoms with Crippen LogP contribution >= 0.6 is 11.3 Å². The van der Waals surface area contributed by atoms with E-state index in [2.05, 4.69) is 80.6 Å². The highest BCUT2D eigenvalue weighted by Crippen LogP contribution is 2.37. The van der Waals surface area contributed by atoms with Gasteiger partial charge in [-0.2, -0.15) is 5.10 Å². The van der Waals surface area contributed by atoms with E-state index in [1.54, 1.807) is 0 Å². The first-order valence-corrected chi connectivity index (χ1v) is 11.5. The topological polar surface area (TPSA) is 73.5 Å². The number of pyridine rings is 2. The van der Waals surface area contributed by atoms with E-state index in [0.29, 0.717) is 0 Å². The summed E-state index contributed by atoms with van der Waals surface area (Å²) in [5.74, 6) is 0. The highest BCUT2D eigenvalue weighted by molar-refractivity contribution is 7.15. The molecule has 0 atom stereocenters. The first-order valence-electron chi connectivity index (χ1n) is 10.7. The van der Waals surface area contributed by atoms with Crippen molar-refractivity contribution in [2.45, 2.75) is 6.92 Å². The summed E-state index contributed by atoms with van der Waals surface area (Å²) in [4.78, 5) is 17.2. The van der Waals surface area contributed by atoms with E-state index in [-0.39, 0.29) is 0 Å². The van der Waals surface area contributed by atoms with Gasteiger partial charge in [-0.05, 0) is 43.3 Å². The molecule has 0 aliphatic carbocycles. The molecule has 0 spiro atoms. The molecule has 0 unspecified atom stereocenters. The van der Waals surface area contributed by atoms with Gasteiger partial charge >= 0.3 is 0 Å². The normalized spacial score (nSPS) is 11.5. The first kappa shape index (κ1) is 19.7. The number of hydrogen-bond donors (Lipinski definition) is 2. The molecular weight excluding hydrogens is 428 g/mol. The number of aryl methyl sites for hydroxylation is 1. The molecule has 6 nitrogen and oxygen atoms in total.